The van der Waals surface area contributed by atoms with Gasteiger partial charge in [-0.25, -0.2) is 14.4 Å². The second-order valence-corrected chi connectivity index (χ2v) is 14.1. The lowest BCUT2D eigenvalue weighted by molar-refractivity contribution is -0.384. The smallest absolute Gasteiger partial charge is 0.449 e. The van der Waals surface area contributed by atoms with Crippen LogP contribution in [0.1, 0.15) is 47.4 Å². The topological polar surface area (TPSA) is 218 Å². The van der Waals surface area contributed by atoms with Crippen molar-refractivity contribution in [2.75, 3.05) is 18.5 Å². The van der Waals surface area contributed by atoms with E-state index in [0.717, 1.165) is 27.8 Å². The first-order chi connectivity index (χ1) is 29.0. The van der Waals surface area contributed by atoms with Crippen LogP contribution < -0.4 is 26.4 Å². The average molecular weight is 814 g/mol. The molecule has 0 spiro atoms. The predicted octanol–water partition coefficient (Wildman–Crippen LogP) is 7.42. The van der Waals surface area contributed by atoms with Crippen LogP contribution in [-0.4, -0.2) is 54.1 Å². The number of nitrogens with two attached hydrogens (primary N) is 1. The third-order valence-corrected chi connectivity index (χ3v) is 9.98. The molecule has 5 N–H and O–H groups in total. The van der Waals surface area contributed by atoms with E-state index in [2.05, 4.69) is 16.0 Å². The minimum absolute atomic E-state index is 0.0567. The van der Waals surface area contributed by atoms with Gasteiger partial charge in [-0.15, -0.1) is 0 Å². The van der Waals surface area contributed by atoms with Crippen LogP contribution in [0.25, 0.3) is 11.1 Å². The number of primary amides is 1. The molecule has 0 saturated carbocycles. The first-order valence-electron chi connectivity index (χ1n) is 19.2. The number of non-ortho nitro benzene ring substituents is 1. The van der Waals surface area contributed by atoms with Crippen molar-refractivity contribution < 1.29 is 43.1 Å². The molecule has 0 unspecified atom stereocenters. The number of hydrogen-bond acceptors (Lipinski definition) is 10. The largest absolute Gasteiger partial charge is 0.514 e. The fourth-order valence-corrected chi connectivity index (χ4v) is 6.98. The molecule has 0 saturated heterocycles. The highest BCUT2D eigenvalue weighted by Gasteiger charge is 2.31. The Kier molecular flexibility index (Phi) is 14.2. The zero-order valence-corrected chi connectivity index (χ0v) is 32.4. The number of benzene rings is 5. The number of amides is 4. The van der Waals surface area contributed by atoms with Gasteiger partial charge in [-0.05, 0) is 76.9 Å². The van der Waals surface area contributed by atoms with Crippen LogP contribution in [0.5, 0.6) is 5.75 Å². The van der Waals surface area contributed by atoms with E-state index in [-0.39, 0.29) is 62.2 Å². The van der Waals surface area contributed by atoms with Crippen molar-refractivity contribution >= 4 is 41.3 Å². The lowest BCUT2D eigenvalue weighted by Gasteiger charge is -2.22. The average Bonchev–Trinajstić information content (AvgIpc) is 3.57. The van der Waals surface area contributed by atoms with Gasteiger partial charge >= 0.3 is 18.3 Å². The Morgan fingerprint density at radius 2 is 1.38 bits per heavy atom. The summed E-state index contributed by atoms with van der Waals surface area (Å²) in [5, 5.41) is 19.0. The molecule has 1 aliphatic carbocycles. The molecule has 5 aromatic carbocycles. The van der Waals surface area contributed by atoms with E-state index < -0.39 is 41.1 Å². The van der Waals surface area contributed by atoms with Crippen LogP contribution in [0.3, 0.4) is 0 Å². The number of nitrogens with one attached hydrogen (secondary N) is 3. The molecule has 0 heterocycles. The second-order valence-electron chi connectivity index (χ2n) is 14.1. The maximum absolute atomic E-state index is 14.1. The van der Waals surface area contributed by atoms with Crippen molar-refractivity contribution in [1.29, 1.82) is 0 Å². The number of nitro groups is 1. The third-order valence-electron chi connectivity index (χ3n) is 9.98. The molecule has 308 valence electrons. The Morgan fingerprint density at radius 1 is 0.750 bits per heavy atom. The predicted molar refractivity (Wildman–Crippen MR) is 221 cm³/mol. The van der Waals surface area contributed by atoms with Gasteiger partial charge in [-0.1, -0.05) is 91.0 Å². The Labute approximate surface area is 345 Å². The van der Waals surface area contributed by atoms with Crippen molar-refractivity contribution in [3.63, 3.8) is 0 Å². The fraction of sp³-hybridized carbons (Fsp3) is 0.222. The highest BCUT2D eigenvalue weighted by atomic mass is 16.7. The maximum atomic E-state index is 14.1. The van der Waals surface area contributed by atoms with Crippen LogP contribution in [0.2, 0.25) is 0 Å². The van der Waals surface area contributed by atoms with Crippen molar-refractivity contribution in [1.82, 2.24) is 10.6 Å². The quantitative estimate of drug-likeness (QED) is 0.0226. The molecule has 2 atom stereocenters. The van der Waals surface area contributed by atoms with E-state index in [1.54, 1.807) is 24.3 Å². The molecular weight excluding hydrogens is 771 g/mol. The number of carbonyl (C=O) groups is 5. The van der Waals surface area contributed by atoms with Crippen LogP contribution in [0, 0.1) is 16.0 Å². The first kappa shape index (κ1) is 42.1. The number of hydrogen-bond donors (Lipinski definition) is 4. The number of Topliss-reactive ketones (excluding diaryl/α,β-unsaturated/α-hetero) is 1. The summed E-state index contributed by atoms with van der Waals surface area (Å²) in [4.78, 5) is 75.0. The van der Waals surface area contributed by atoms with Crippen molar-refractivity contribution in [2.24, 2.45) is 11.7 Å². The molecule has 60 heavy (non-hydrogen) atoms. The molecule has 1 aliphatic rings. The maximum Gasteiger partial charge on any atom is 0.514 e. The van der Waals surface area contributed by atoms with Crippen molar-refractivity contribution in [2.45, 2.75) is 44.2 Å². The minimum atomic E-state index is -1.02. The Hall–Kier alpha value is -7.55. The zero-order valence-electron chi connectivity index (χ0n) is 32.4. The molecule has 15 heteroatoms. The van der Waals surface area contributed by atoms with Crippen LogP contribution in [-0.2, 0) is 32.1 Å². The lowest BCUT2D eigenvalue weighted by atomic mass is 9.91. The Morgan fingerprint density at radius 3 is 2.02 bits per heavy atom. The van der Waals surface area contributed by atoms with Crippen molar-refractivity contribution in [3.05, 3.63) is 160 Å². The zero-order chi connectivity index (χ0) is 42.4. The summed E-state index contributed by atoms with van der Waals surface area (Å²) in [7, 11) is 0. The summed E-state index contributed by atoms with van der Waals surface area (Å²) < 4.78 is 16.0. The summed E-state index contributed by atoms with van der Waals surface area (Å²) in [5.41, 5.74) is 11.1. The highest BCUT2D eigenvalue weighted by molar-refractivity contribution is 5.97. The van der Waals surface area contributed by atoms with Gasteiger partial charge in [0.2, 0.25) is 5.91 Å². The van der Waals surface area contributed by atoms with E-state index in [4.69, 9.17) is 19.9 Å². The SMILES string of the molecule is NC(=O)NCCC[C@H](CC(=O)[C@H](Cc1ccccc1)NC(=O)OCC1c2ccccc2-c2ccccc21)C(=O)Nc1ccc(COC(=O)Oc2ccc([N+](=O)[O-])cc2)cc1. The summed E-state index contributed by atoms with van der Waals surface area (Å²) in [6, 6.07) is 34.8. The second kappa shape index (κ2) is 20.2. The number of ketones is 1. The number of fused-ring (bicyclic) bond motifs is 3. The van der Waals surface area contributed by atoms with E-state index in [0.29, 0.717) is 17.7 Å². The molecule has 0 fully saturated rings. The molecule has 6 rings (SSSR count). The standard InChI is InChI=1S/C45H43N5O10/c46-43(53)47-24-8-11-31(42(52)48-32-18-16-30(17-19-32)27-59-45(55)60-34-22-20-33(21-23-34)50(56)57)26-41(51)40(25-29-9-2-1-3-10-29)49-44(54)58-28-39-37-14-6-4-12-35(37)36-13-5-7-15-38(36)39/h1-7,9-10,12-23,31,39-40H,8,11,24-28H2,(H,48,52)(H,49,54)(H3,46,47,53)/t31-,40+/m1/s1. The number of carbonyl (C=O) groups excluding carboxylic acids is 5. The number of alkyl carbamates (subject to hydrolysis) is 1. The number of rotatable bonds is 18. The normalized spacial score (nSPS) is 12.5. The minimum Gasteiger partial charge on any atom is -0.449 e. The molecule has 0 bridgehead atoms. The summed E-state index contributed by atoms with van der Waals surface area (Å²) in [6.45, 7) is 0.0742. The summed E-state index contributed by atoms with van der Waals surface area (Å²) in [5.74, 6) is -1.81. The van der Waals surface area contributed by atoms with Gasteiger partial charge < -0.3 is 35.9 Å². The third kappa shape index (κ3) is 11.5. The van der Waals surface area contributed by atoms with Gasteiger partial charge in [0.05, 0.1) is 11.0 Å². The summed E-state index contributed by atoms with van der Waals surface area (Å²) >= 11 is 0. The van der Waals surface area contributed by atoms with Gasteiger partial charge in [0, 0.05) is 42.6 Å². The van der Waals surface area contributed by atoms with E-state index in [1.165, 1.54) is 24.3 Å². The van der Waals surface area contributed by atoms with E-state index >= 15 is 0 Å². The molecular formula is C45H43N5O10. The van der Waals surface area contributed by atoms with E-state index in [1.807, 2.05) is 78.9 Å². The molecule has 0 aromatic heterocycles. The fourth-order valence-electron chi connectivity index (χ4n) is 6.98. The van der Waals surface area contributed by atoms with Crippen LogP contribution in [0.15, 0.2) is 127 Å². The molecule has 15 nitrogen and oxygen atoms in total. The molecule has 5 aromatic rings. The molecule has 0 radical (unpaired) electrons. The van der Waals surface area contributed by atoms with Gasteiger partial charge in [-0.2, -0.15) is 0 Å². The highest BCUT2D eigenvalue weighted by Crippen LogP contribution is 2.44. The number of ether oxygens (including phenoxy) is 3. The number of urea groups is 1. The van der Waals surface area contributed by atoms with Crippen molar-refractivity contribution in [3.8, 4) is 16.9 Å². The van der Waals surface area contributed by atoms with Crippen LogP contribution >= 0.6 is 0 Å². The van der Waals surface area contributed by atoms with Gasteiger partial charge in [0.15, 0.2) is 5.78 Å². The number of nitrogens with zero attached hydrogens (tertiary/aromatic N) is 1. The summed E-state index contributed by atoms with van der Waals surface area (Å²) in [6.07, 6.45) is -1.30. The first-order valence-corrected chi connectivity index (χ1v) is 19.2. The van der Waals surface area contributed by atoms with Gasteiger partial charge in [0.25, 0.3) is 5.69 Å². The van der Waals surface area contributed by atoms with Gasteiger partial charge in [0.1, 0.15) is 19.0 Å². The van der Waals surface area contributed by atoms with E-state index in [9.17, 15) is 34.1 Å². The van der Waals surface area contributed by atoms with Crippen LogP contribution in [0.4, 0.5) is 25.8 Å². The Balaban J connectivity index is 1.08. The lowest BCUT2D eigenvalue weighted by Crippen LogP contribution is -2.44. The molecule has 4 amide bonds. The monoisotopic (exact) mass is 813 g/mol. The Bertz CT molecular complexity index is 2270. The number of anilines is 1. The van der Waals surface area contributed by atoms with Gasteiger partial charge in [-0.3, -0.25) is 19.7 Å². The molecule has 0 aliphatic heterocycles. The number of nitro benzene ring substituents is 1.